The van der Waals surface area contributed by atoms with Crippen LogP contribution in [0.5, 0.6) is 0 Å². The smallest absolute Gasteiger partial charge is 0.131 e. The predicted molar refractivity (Wildman–Crippen MR) is 84.8 cm³/mol. The molecule has 0 saturated carbocycles. The van der Waals surface area contributed by atoms with Crippen LogP contribution in [0, 0.1) is 0 Å². The third-order valence-electron chi connectivity index (χ3n) is 3.98. The number of para-hydroxylation sites is 2. The molecule has 104 valence electrons. The van der Waals surface area contributed by atoms with Crippen molar-refractivity contribution in [2.24, 2.45) is 0 Å². The van der Waals surface area contributed by atoms with Crippen molar-refractivity contribution in [3.8, 4) is 0 Å². The minimum atomic E-state index is -0.439. The highest BCUT2D eigenvalue weighted by molar-refractivity contribution is 6.08. The first-order valence-electron chi connectivity index (χ1n) is 7.48. The molecule has 1 atom stereocenters. The SMILES string of the molecule is CCCCCC(O)n1c2ccccc2c2ccccc21. The second-order valence-electron chi connectivity index (χ2n) is 5.38. The van der Waals surface area contributed by atoms with Crippen LogP contribution >= 0.6 is 0 Å². The van der Waals surface area contributed by atoms with Gasteiger partial charge >= 0.3 is 0 Å². The summed E-state index contributed by atoms with van der Waals surface area (Å²) in [4.78, 5) is 0. The topological polar surface area (TPSA) is 25.2 Å². The first-order valence-corrected chi connectivity index (χ1v) is 7.48. The molecule has 2 nitrogen and oxygen atoms in total. The Morgan fingerprint density at radius 3 is 2.00 bits per heavy atom. The number of aliphatic hydroxyl groups is 1. The number of benzene rings is 2. The fourth-order valence-electron chi connectivity index (χ4n) is 2.98. The summed E-state index contributed by atoms with van der Waals surface area (Å²) in [7, 11) is 0. The third kappa shape index (κ3) is 2.20. The summed E-state index contributed by atoms with van der Waals surface area (Å²) < 4.78 is 2.08. The minimum absolute atomic E-state index is 0.439. The summed E-state index contributed by atoms with van der Waals surface area (Å²) in [5.41, 5.74) is 2.25. The highest BCUT2D eigenvalue weighted by Gasteiger charge is 2.15. The van der Waals surface area contributed by atoms with Gasteiger partial charge in [-0.05, 0) is 25.0 Å². The van der Waals surface area contributed by atoms with Crippen molar-refractivity contribution < 1.29 is 5.11 Å². The van der Waals surface area contributed by atoms with Gasteiger partial charge in [0, 0.05) is 10.8 Å². The lowest BCUT2D eigenvalue weighted by Gasteiger charge is -2.15. The molecule has 1 aromatic heterocycles. The third-order valence-corrected chi connectivity index (χ3v) is 3.98. The van der Waals surface area contributed by atoms with Crippen molar-refractivity contribution in [3.63, 3.8) is 0 Å². The zero-order chi connectivity index (χ0) is 13.9. The molecule has 0 radical (unpaired) electrons. The molecular weight excluding hydrogens is 246 g/mol. The fourth-order valence-corrected chi connectivity index (χ4v) is 2.98. The van der Waals surface area contributed by atoms with Crippen LogP contribution in [0.15, 0.2) is 48.5 Å². The molecule has 0 fully saturated rings. The maximum absolute atomic E-state index is 10.6. The van der Waals surface area contributed by atoms with Crippen LogP contribution < -0.4 is 0 Å². The Bertz CT molecular complexity index is 660. The second kappa shape index (κ2) is 5.68. The molecule has 2 aromatic carbocycles. The zero-order valence-corrected chi connectivity index (χ0v) is 11.9. The quantitative estimate of drug-likeness (QED) is 0.656. The Kier molecular flexibility index (Phi) is 3.75. The Morgan fingerprint density at radius 1 is 0.900 bits per heavy atom. The molecule has 0 aliphatic rings. The summed E-state index contributed by atoms with van der Waals surface area (Å²) in [6.07, 6.45) is 3.80. The van der Waals surface area contributed by atoms with Gasteiger partial charge in [0.25, 0.3) is 0 Å². The van der Waals surface area contributed by atoms with Crippen LogP contribution in [0.4, 0.5) is 0 Å². The van der Waals surface area contributed by atoms with Crippen LogP contribution in [-0.2, 0) is 0 Å². The molecule has 1 N–H and O–H groups in total. The molecule has 0 saturated heterocycles. The highest BCUT2D eigenvalue weighted by Crippen LogP contribution is 2.32. The van der Waals surface area contributed by atoms with Gasteiger partial charge in [-0.2, -0.15) is 0 Å². The summed E-state index contributed by atoms with van der Waals surface area (Å²) in [6.45, 7) is 2.19. The van der Waals surface area contributed by atoms with Crippen molar-refractivity contribution in [1.82, 2.24) is 4.57 Å². The van der Waals surface area contributed by atoms with Gasteiger partial charge in [-0.3, -0.25) is 0 Å². The number of aliphatic hydroxyl groups excluding tert-OH is 1. The number of fused-ring (bicyclic) bond motifs is 3. The van der Waals surface area contributed by atoms with Crippen LogP contribution in [-0.4, -0.2) is 9.67 Å². The molecule has 0 aliphatic heterocycles. The Balaban J connectivity index is 2.11. The average molecular weight is 267 g/mol. The molecule has 2 heteroatoms. The van der Waals surface area contributed by atoms with Crippen molar-refractivity contribution in [3.05, 3.63) is 48.5 Å². The molecule has 20 heavy (non-hydrogen) atoms. The number of aromatic nitrogens is 1. The van der Waals surface area contributed by atoms with Gasteiger partial charge in [0.1, 0.15) is 6.23 Å². The monoisotopic (exact) mass is 267 g/mol. The Hall–Kier alpha value is -1.80. The van der Waals surface area contributed by atoms with Crippen LogP contribution in [0.3, 0.4) is 0 Å². The summed E-state index contributed by atoms with van der Waals surface area (Å²) in [5.74, 6) is 0. The maximum atomic E-state index is 10.6. The van der Waals surface area contributed by atoms with E-state index in [2.05, 4.69) is 47.9 Å². The van der Waals surface area contributed by atoms with E-state index in [9.17, 15) is 5.11 Å². The fraction of sp³-hybridized carbons (Fsp3) is 0.333. The molecule has 3 aromatic rings. The van der Waals surface area contributed by atoms with Crippen molar-refractivity contribution in [2.75, 3.05) is 0 Å². The van der Waals surface area contributed by atoms with Crippen LogP contribution in [0.25, 0.3) is 21.8 Å². The van der Waals surface area contributed by atoms with Gasteiger partial charge in [0.2, 0.25) is 0 Å². The number of unbranched alkanes of at least 4 members (excludes halogenated alkanes) is 2. The van der Waals surface area contributed by atoms with E-state index in [0.29, 0.717) is 0 Å². The minimum Gasteiger partial charge on any atom is -0.373 e. The first-order chi connectivity index (χ1) is 9.83. The van der Waals surface area contributed by atoms with Crippen molar-refractivity contribution >= 4 is 21.8 Å². The summed E-state index contributed by atoms with van der Waals surface area (Å²) >= 11 is 0. The van der Waals surface area contributed by atoms with E-state index in [1.165, 1.54) is 23.6 Å². The number of hydrogen-bond acceptors (Lipinski definition) is 1. The van der Waals surface area contributed by atoms with E-state index in [0.717, 1.165) is 23.9 Å². The zero-order valence-electron chi connectivity index (χ0n) is 11.9. The van der Waals surface area contributed by atoms with E-state index in [1.807, 2.05) is 12.1 Å². The average Bonchev–Trinajstić information content (AvgIpc) is 2.82. The van der Waals surface area contributed by atoms with E-state index in [-0.39, 0.29) is 0 Å². The van der Waals surface area contributed by atoms with Gasteiger partial charge in [-0.15, -0.1) is 0 Å². The largest absolute Gasteiger partial charge is 0.373 e. The first kappa shape index (κ1) is 13.2. The van der Waals surface area contributed by atoms with E-state index in [1.54, 1.807) is 0 Å². The van der Waals surface area contributed by atoms with Gasteiger partial charge in [0.15, 0.2) is 0 Å². The van der Waals surface area contributed by atoms with Gasteiger partial charge in [0.05, 0.1) is 11.0 Å². The lowest BCUT2D eigenvalue weighted by atomic mass is 10.2. The lowest BCUT2D eigenvalue weighted by molar-refractivity contribution is 0.100. The molecule has 3 rings (SSSR count). The van der Waals surface area contributed by atoms with Crippen LogP contribution in [0.1, 0.15) is 38.8 Å². The van der Waals surface area contributed by atoms with Crippen molar-refractivity contribution in [2.45, 2.75) is 38.8 Å². The van der Waals surface area contributed by atoms with E-state index < -0.39 is 6.23 Å². The molecular formula is C18H21NO. The predicted octanol–water partition coefficient (Wildman–Crippen LogP) is 4.87. The molecule has 0 amide bonds. The Morgan fingerprint density at radius 2 is 1.45 bits per heavy atom. The summed E-state index contributed by atoms with van der Waals surface area (Å²) in [5, 5.41) is 13.0. The molecule has 0 spiro atoms. The maximum Gasteiger partial charge on any atom is 0.131 e. The van der Waals surface area contributed by atoms with Gasteiger partial charge < -0.3 is 9.67 Å². The molecule has 0 bridgehead atoms. The number of rotatable bonds is 5. The molecule has 1 heterocycles. The van der Waals surface area contributed by atoms with Gasteiger partial charge in [-0.1, -0.05) is 56.2 Å². The standard InChI is InChI=1S/C18H21NO/c1-2-3-4-13-18(20)19-16-11-7-5-9-14(16)15-10-6-8-12-17(15)19/h5-12,18,20H,2-4,13H2,1H3. The summed E-state index contributed by atoms with van der Waals surface area (Å²) in [6, 6.07) is 16.6. The second-order valence-corrected chi connectivity index (χ2v) is 5.38. The Labute approximate surface area is 119 Å². The lowest BCUT2D eigenvalue weighted by Crippen LogP contribution is -2.07. The van der Waals surface area contributed by atoms with Crippen LogP contribution in [0.2, 0.25) is 0 Å². The number of nitrogens with zero attached hydrogens (tertiary/aromatic N) is 1. The van der Waals surface area contributed by atoms with E-state index in [4.69, 9.17) is 0 Å². The number of hydrogen-bond donors (Lipinski definition) is 1. The molecule has 0 aliphatic carbocycles. The highest BCUT2D eigenvalue weighted by atomic mass is 16.3. The normalized spacial score (nSPS) is 13.1. The molecule has 1 unspecified atom stereocenters. The van der Waals surface area contributed by atoms with E-state index >= 15 is 0 Å². The van der Waals surface area contributed by atoms with Gasteiger partial charge in [-0.25, -0.2) is 0 Å². The van der Waals surface area contributed by atoms with Crippen molar-refractivity contribution in [1.29, 1.82) is 0 Å².